The highest BCUT2D eigenvalue weighted by Crippen LogP contribution is 2.18. The van der Waals surface area contributed by atoms with E-state index < -0.39 is 0 Å². The summed E-state index contributed by atoms with van der Waals surface area (Å²) < 4.78 is 0. The highest BCUT2D eigenvalue weighted by atomic mass is 16.2. The zero-order chi connectivity index (χ0) is 15.4. The molecule has 3 aromatic carbocycles. The number of rotatable bonds is 3. The average molecular weight is 288 g/mol. The fourth-order valence-corrected chi connectivity index (χ4v) is 2.38. The monoisotopic (exact) mass is 288 g/mol. The molecule has 0 spiro atoms. The number of hydrazone groups is 1. The van der Waals surface area contributed by atoms with Crippen LogP contribution in [0, 0.1) is 6.92 Å². The lowest BCUT2D eigenvalue weighted by Gasteiger charge is -2.05. The number of carbonyl (C=O) groups excluding carboxylic acids is 1. The number of fused-ring (bicyclic) bond motifs is 1. The summed E-state index contributed by atoms with van der Waals surface area (Å²) in [5, 5.41) is 6.03. The molecule has 0 aliphatic carbocycles. The van der Waals surface area contributed by atoms with Crippen LogP contribution in [0.3, 0.4) is 0 Å². The molecule has 0 radical (unpaired) electrons. The van der Waals surface area contributed by atoms with Gasteiger partial charge in [0.25, 0.3) is 5.91 Å². The molecule has 0 saturated carbocycles. The molecular weight excluding hydrogens is 272 g/mol. The van der Waals surface area contributed by atoms with E-state index >= 15 is 0 Å². The van der Waals surface area contributed by atoms with E-state index in [1.54, 1.807) is 12.3 Å². The van der Waals surface area contributed by atoms with Gasteiger partial charge in [-0.3, -0.25) is 4.79 Å². The lowest BCUT2D eigenvalue weighted by Crippen LogP contribution is -2.18. The molecule has 3 aromatic rings. The molecule has 0 heterocycles. The number of nitrogens with one attached hydrogen (secondary N) is 1. The van der Waals surface area contributed by atoms with Crippen LogP contribution in [0.4, 0.5) is 0 Å². The SMILES string of the molecule is Cc1ccccc1/C=N\NC(=O)c1cccc2ccccc12. The van der Waals surface area contributed by atoms with Gasteiger partial charge in [0.05, 0.1) is 6.21 Å². The van der Waals surface area contributed by atoms with Gasteiger partial charge in [0.1, 0.15) is 0 Å². The molecule has 0 aromatic heterocycles. The molecule has 3 rings (SSSR count). The lowest BCUT2D eigenvalue weighted by molar-refractivity contribution is 0.0957. The summed E-state index contributed by atoms with van der Waals surface area (Å²) in [5.41, 5.74) is 5.33. The first kappa shape index (κ1) is 14.0. The van der Waals surface area contributed by atoms with Crippen molar-refractivity contribution in [3.8, 4) is 0 Å². The van der Waals surface area contributed by atoms with Crippen molar-refractivity contribution in [2.45, 2.75) is 6.92 Å². The Labute approximate surface area is 129 Å². The second-order valence-electron chi connectivity index (χ2n) is 5.08. The van der Waals surface area contributed by atoms with Gasteiger partial charge in [-0.1, -0.05) is 60.7 Å². The summed E-state index contributed by atoms with van der Waals surface area (Å²) in [5.74, 6) is -0.207. The molecule has 1 amide bonds. The van der Waals surface area contributed by atoms with Gasteiger partial charge in [0.15, 0.2) is 0 Å². The third-order valence-corrected chi connectivity index (χ3v) is 3.59. The summed E-state index contributed by atoms with van der Waals surface area (Å²) in [6.07, 6.45) is 1.67. The topological polar surface area (TPSA) is 41.5 Å². The predicted molar refractivity (Wildman–Crippen MR) is 90.2 cm³/mol. The Kier molecular flexibility index (Phi) is 3.97. The zero-order valence-electron chi connectivity index (χ0n) is 12.3. The van der Waals surface area contributed by atoms with Crippen molar-refractivity contribution in [3.63, 3.8) is 0 Å². The van der Waals surface area contributed by atoms with Gasteiger partial charge in [0, 0.05) is 5.56 Å². The maximum Gasteiger partial charge on any atom is 0.271 e. The average Bonchev–Trinajstić information content (AvgIpc) is 2.56. The summed E-state index contributed by atoms with van der Waals surface area (Å²) >= 11 is 0. The summed E-state index contributed by atoms with van der Waals surface area (Å²) in [6, 6.07) is 21.4. The van der Waals surface area contributed by atoms with E-state index in [9.17, 15) is 4.79 Å². The van der Waals surface area contributed by atoms with Gasteiger partial charge in [-0.25, -0.2) is 5.43 Å². The van der Waals surface area contributed by atoms with E-state index in [-0.39, 0.29) is 5.91 Å². The highest BCUT2D eigenvalue weighted by Gasteiger charge is 2.08. The van der Waals surface area contributed by atoms with Gasteiger partial charge < -0.3 is 0 Å². The highest BCUT2D eigenvalue weighted by molar-refractivity contribution is 6.07. The fraction of sp³-hybridized carbons (Fsp3) is 0.0526. The van der Waals surface area contributed by atoms with Crippen LogP contribution in [0.15, 0.2) is 71.8 Å². The van der Waals surface area contributed by atoms with Crippen LogP contribution >= 0.6 is 0 Å². The largest absolute Gasteiger partial charge is 0.271 e. The van der Waals surface area contributed by atoms with Crippen molar-refractivity contribution in [3.05, 3.63) is 83.4 Å². The second-order valence-corrected chi connectivity index (χ2v) is 5.08. The number of carbonyl (C=O) groups is 1. The third kappa shape index (κ3) is 2.88. The molecular formula is C19H16N2O. The number of hydrogen-bond donors (Lipinski definition) is 1. The summed E-state index contributed by atoms with van der Waals surface area (Å²) in [6.45, 7) is 2.01. The van der Waals surface area contributed by atoms with Crippen LogP contribution in [0.2, 0.25) is 0 Å². The van der Waals surface area contributed by atoms with E-state index in [0.717, 1.165) is 21.9 Å². The first-order chi connectivity index (χ1) is 10.8. The van der Waals surface area contributed by atoms with Crippen molar-refractivity contribution in [1.82, 2.24) is 5.43 Å². The summed E-state index contributed by atoms with van der Waals surface area (Å²) in [4.78, 5) is 12.3. The van der Waals surface area contributed by atoms with Crippen molar-refractivity contribution in [2.75, 3.05) is 0 Å². The van der Waals surface area contributed by atoms with Crippen molar-refractivity contribution in [2.24, 2.45) is 5.10 Å². The normalized spacial score (nSPS) is 11.0. The van der Waals surface area contributed by atoms with E-state index in [0.29, 0.717) is 5.56 Å². The first-order valence-electron chi connectivity index (χ1n) is 7.12. The molecule has 0 atom stereocenters. The van der Waals surface area contributed by atoms with Gasteiger partial charge >= 0.3 is 0 Å². The molecule has 3 nitrogen and oxygen atoms in total. The van der Waals surface area contributed by atoms with Crippen molar-refractivity contribution < 1.29 is 4.79 Å². The Hall–Kier alpha value is -2.94. The predicted octanol–water partition coefficient (Wildman–Crippen LogP) is 3.91. The number of hydrogen-bond acceptors (Lipinski definition) is 2. The molecule has 0 unspecified atom stereocenters. The van der Waals surface area contributed by atoms with Gasteiger partial charge in [-0.2, -0.15) is 5.10 Å². The van der Waals surface area contributed by atoms with E-state index in [4.69, 9.17) is 0 Å². The Balaban J connectivity index is 1.81. The molecule has 0 aliphatic rings. The van der Waals surface area contributed by atoms with Crippen molar-refractivity contribution >= 4 is 22.9 Å². The van der Waals surface area contributed by atoms with Gasteiger partial charge in [0.2, 0.25) is 0 Å². The first-order valence-corrected chi connectivity index (χ1v) is 7.12. The van der Waals surface area contributed by atoms with E-state index in [2.05, 4.69) is 10.5 Å². The van der Waals surface area contributed by atoms with Crippen LogP contribution in [-0.2, 0) is 0 Å². The Morgan fingerprint density at radius 2 is 1.68 bits per heavy atom. The Bertz CT molecular complexity index is 847. The molecule has 3 heteroatoms. The van der Waals surface area contributed by atoms with Crippen LogP contribution in [0.1, 0.15) is 21.5 Å². The maximum absolute atomic E-state index is 12.3. The van der Waals surface area contributed by atoms with Crippen LogP contribution in [-0.4, -0.2) is 12.1 Å². The zero-order valence-corrected chi connectivity index (χ0v) is 12.3. The quantitative estimate of drug-likeness (QED) is 0.576. The fourth-order valence-electron chi connectivity index (χ4n) is 2.38. The van der Waals surface area contributed by atoms with Crippen LogP contribution in [0.25, 0.3) is 10.8 Å². The van der Waals surface area contributed by atoms with Gasteiger partial charge in [-0.15, -0.1) is 0 Å². The third-order valence-electron chi connectivity index (χ3n) is 3.59. The number of aryl methyl sites for hydroxylation is 1. The minimum Gasteiger partial charge on any atom is -0.267 e. The number of benzene rings is 3. The smallest absolute Gasteiger partial charge is 0.267 e. The molecule has 1 N–H and O–H groups in total. The minimum absolute atomic E-state index is 0.207. The minimum atomic E-state index is -0.207. The summed E-state index contributed by atoms with van der Waals surface area (Å²) in [7, 11) is 0. The second kappa shape index (κ2) is 6.22. The molecule has 0 saturated heterocycles. The molecule has 0 fully saturated rings. The van der Waals surface area contributed by atoms with Crippen LogP contribution < -0.4 is 5.43 Å². The standard InChI is InChI=1S/C19H16N2O/c1-14-7-2-3-9-16(14)13-20-21-19(22)18-12-6-10-15-8-4-5-11-17(15)18/h2-13H,1H3,(H,21,22)/b20-13-. The molecule has 0 aliphatic heterocycles. The van der Waals surface area contributed by atoms with Crippen molar-refractivity contribution in [1.29, 1.82) is 0 Å². The Morgan fingerprint density at radius 1 is 0.955 bits per heavy atom. The molecule has 108 valence electrons. The lowest BCUT2D eigenvalue weighted by atomic mass is 10.0. The number of nitrogens with zero attached hydrogens (tertiary/aromatic N) is 1. The maximum atomic E-state index is 12.3. The van der Waals surface area contributed by atoms with E-state index in [1.807, 2.05) is 67.6 Å². The number of amides is 1. The molecule has 0 bridgehead atoms. The molecule has 22 heavy (non-hydrogen) atoms. The van der Waals surface area contributed by atoms with Crippen LogP contribution in [0.5, 0.6) is 0 Å². The van der Waals surface area contributed by atoms with Gasteiger partial charge in [-0.05, 0) is 34.9 Å². The van der Waals surface area contributed by atoms with E-state index in [1.165, 1.54) is 0 Å². The Morgan fingerprint density at radius 3 is 2.55 bits per heavy atom.